The van der Waals surface area contributed by atoms with Crippen LogP contribution in [0.3, 0.4) is 0 Å². The summed E-state index contributed by atoms with van der Waals surface area (Å²) in [5.41, 5.74) is 0. The van der Waals surface area contributed by atoms with Crippen LogP contribution >= 0.6 is 11.6 Å². The molecule has 0 fully saturated rings. The lowest BCUT2D eigenvalue weighted by molar-refractivity contribution is -0.190. The number of unbranched alkanes of at least 4 members (excludes halogenated alkanes) is 24. The number of halogens is 1. The van der Waals surface area contributed by atoms with Gasteiger partial charge in [-0.2, -0.15) is 0 Å². The van der Waals surface area contributed by atoms with Crippen molar-refractivity contribution in [2.45, 2.75) is 226 Å². The summed E-state index contributed by atoms with van der Waals surface area (Å²) in [7, 11) is 0. The molecule has 0 spiro atoms. The first-order chi connectivity index (χ1) is 26.2. The first-order valence-corrected chi connectivity index (χ1v) is 23.9. The number of nitrogens with zero attached hydrogens (tertiary/aromatic N) is 2. The summed E-state index contributed by atoms with van der Waals surface area (Å²) in [5.74, 6) is 0.670. The summed E-state index contributed by atoms with van der Waals surface area (Å²) in [6.45, 7) is 11.7. The molecule has 0 bridgehead atoms. The Morgan fingerprint density at radius 2 is 0.755 bits per heavy atom. The molecule has 5 heteroatoms. The Morgan fingerprint density at radius 1 is 0.415 bits per heavy atom. The van der Waals surface area contributed by atoms with Crippen LogP contribution in [0.25, 0.3) is 0 Å². The van der Waals surface area contributed by atoms with E-state index in [0.717, 1.165) is 64.0 Å². The number of alkyl halides is 1. The Bertz CT molecular complexity index is 789. The van der Waals surface area contributed by atoms with Crippen LogP contribution in [0, 0.1) is 0 Å². The van der Waals surface area contributed by atoms with E-state index in [2.05, 4.69) is 62.1 Å². The van der Waals surface area contributed by atoms with Gasteiger partial charge in [0.05, 0.1) is 0 Å². The summed E-state index contributed by atoms with van der Waals surface area (Å²) in [6.07, 6.45) is 53.7. The van der Waals surface area contributed by atoms with Crippen LogP contribution < -0.4 is 0 Å². The predicted molar refractivity (Wildman–Crippen MR) is 237 cm³/mol. The van der Waals surface area contributed by atoms with E-state index < -0.39 is 0 Å². The molecule has 0 aliphatic heterocycles. The van der Waals surface area contributed by atoms with Gasteiger partial charge in [-0.15, -0.1) is 16.7 Å². The highest BCUT2D eigenvalue weighted by Gasteiger charge is 2.11. The summed E-state index contributed by atoms with van der Waals surface area (Å²) in [4.78, 5) is 21.1. The van der Waals surface area contributed by atoms with Gasteiger partial charge in [0, 0.05) is 31.9 Å². The van der Waals surface area contributed by atoms with Crippen molar-refractivity contribution in [2.24, 2.45) is 0 Å². The molecule has 0 saturated carbocycles. The minimum atomic E-state index is -0.0648. The molecule has 4 nitrogen and oxygen atoms in total. The molecule has 0 atom stereocenters. The van der Waals surface area contributed by atoms with Crippen molar-refractivity contribution < 1.29 is 9.63 Å². The molecule has 0 unspecified atom stereocenters. The van der Waals surface area contributed by atoms with E-state index in [1.54, 1.807) is 0 Å². The molecule has 0 aliphatic rings. The van der Waals surface area contributed by atoms with E-state index >= 15 is 0 Å². The summed E-state index contributed by atoms with van der Waals surface area (Å²) < 4.78 is 0. The first-order valence-electron chi connectivity index (χ1n) is 23.4. The Labute approximate surface area is 337 Å². The fourth-order valence-electron chi connectivity index (χ4n) is 6.85. The summed E-state index contributed by atoms with van der Waals surface area (Å²) in [5, 5.41) is 1.90. The molecular weight excluding hydrogens is 672 g/mol. The van der Waals surface area contributed by atoms with E-state index in [0.29, 0.717) is 6.42 Å². The zero-order valence-corrected chi connectivity index (χ0v) is 36.7. The van der Waals surface area contributed by atoms with E-state index in [9.17, 15) is 4.79 Å². The molecule has 0 saturated heterocycles. The lowest BCUT2D eigenvalue weighted by Crippen LogP contribution is -2.29. The molecule has 0 radical (unpaired) electrons. The Hall–Kier alpha value is -1.10. The maximum Gasteiger partial charge on any atom is 0.325 e. The van der Waals surface area contributed by atoms with Crippen molar-refractivity contribution in [2.75, 3.05) is 38.6 Å². The van der Waals surface area contributed by atoms with Crippen LogP contribution in [-0.4, -0.2) is 54.5 Å². The average Bonchev–Trinajstić information content (AvgIpc) is 3.16. The molecule has 0 amide bonds. The molecule has 0 aliphatic carbocycles. The van der Waals surface area contributed by atoms with Crippen LogP contribution in [0.5, 0.6) is 0 Å². The highest BCUT2D eigenvalue weighted by Crippen LogP contribution is 2.13. The number of hydrogen-bond donors (Lipinski definition) is 0. The minimum Gasteiger partial charge on any atom is -0.368 e. The van der Waals surface area contributed by atoms with Gasteiger partial charge in [0.15, 0.2) is 0 Å². The third-order valence-electron chi connectivity index (χ3n) is 10.3. The van der Waals surface area contributed by atoms with Crippen LogP contribution in [0.15, 0.2) is 36.5 Å². The fourth-order valence-corrected chi connectivity index (χ4v) is 7.09. The molecule has 0 rings (SSSR count). The van der Waals surface area contributed by atoms with E-state index in [-0.39, 0.29) is 5.97 Å². The van der Waals surface area contributed by atoms with Crippen molar-refractivity contribution in [1.82, 2.24) is 9.96 Å². The first kappa shape index (κ1) is 51.9. The normalized spacial score (nSPS) is 12.2. The lowest BCUT2D eigenvalue weighted by atomic mass is 10.1. The lowest BCUT2D eigenvalue weighted by Gasteiger charge is -2.21. The molecule has 312 valence electrons. The van der Waals surface area contributed by atoms with Crippen LogP contribution in [-0.2, 0) is 9.63 Å². The zero-order valence-electron chi connectivity index (χ0n) is 35.9. The maximum absolute atomic E-state index is 12.7. The van der Waals surface area contributed by atoms with Crippen molar-refractivity contribution in [3.63, 3.8) is 0 Å². The number of carbonyl (C=O) groups excluding carboxylic acids is 1. The number of carbonyl (C=O) groups is 1. The second kappa shape index (κ2) is 45.3. The molecular formula is C48H91ClN2O2. The second-order valence-electron chi connectivity index (χ2n) is 15.6. The van der Waals surface area contributed by atoms with Gasteiger partial charge in [-0.1, -0.05) is 173 Å². The van der Waals surface area contributed by atoms with E-state index in [1.165, 1.54) is 174 Å². The number of allylic oxidation sites excluding steroid dienone is 4. The van der Waals surface area contributed by atoms with Gasteiger partial charge in [0.1, 0.15) is 0 Å². The van der Waals surface area contributed by atoms with Gasteiger partial charge >= 0.3 is 5.97 Å². The number of rotatable bonds is 43. The Kier molecular flexibility index (Phi) is 44.4. The summed E-state index contributed by atoms with van der Waals surface area (Å²) >= 11 is 6.14. The predicted octanol–water partition coefficient (Wildman–Crippen LogP) is 15.5. The Morgan fingerprint density at radius 3 is 1.19 bits per heavy atom. The second-order valence-corrected chi connectivity index (χ2v) is 16.0. The van der Waals surface area contributed by atoms with Gasteiger partial charge in [-0.3, -0.25) is 4.79 Å². The van der Waals surface area contributed by atoms with Crippen molar-refractivity contribution in [3.05, 3.63) is 36.5 Å². The fraction of sp³-hybridized carbons (Fsp3) is 0.854. The van der Waals surface area contributed by atoms with E-state index in [1.807, 2.05) is 5.06 Å². The highest BCUT2D eigenvalue weighted by molar-refractivity contribution is 6.18. The molecule has 53 heavy (non-hydrogen) atoms. The maximum atomic E-state index is 12.7. The molecule has 0 aromatic heterocycles. The molecule has 0 heterocycles. The largest absolute Gasteiger partial charge is 0.368 e. The van der Waals surface area contributed by atoms with Crippen LogP contribution in [0.1, 0.15) is 226 Å². The van der Waals surface area contributed by atoms with Gasteiger partial charge in [-0.05, 0) is 96.6 Å². The minimum absolute atomic E-state index is 0.0648. The third-order valence-corrected chi connectivity index (χ3v) is 10.5. The zero-order chi connectivity index (χ0) is 38.6. The number of hydrogen-bond acceptors (Lipinski definition) is 4. The molecule has 0 aromatic carbocycles. The molecule has 0 N–H and O–H groups in total. The van der Waals surface area contributed by atoms with Crippen molar-refractivity contribution >= 4 is 17.6 Å². The Balaban J connectivity index is 3.95. The summed E-state index contributed by atoms with van der Waals surface area (Å²) in [6, 6.07) is 0. The standard InChI is InChI=1S/C48H91ClN2O2/c1-4-7-10-13-16-17-18-19-20-21-22-23-24-29-32-37-43-50(47-42-49)44-38-33-30-25-26-31-36-41-48(52)53-51(45-39-34-27-14-11-8-5-2)46-40-35-28-15-12-9-6-3/h19-20,27-28,34-35H,4-18,21-26,29-33,36-47H2,1-3H3/b20-19-,34-27-,35-28-. The number of hydroxylamine groups is 2. The van der Waals surface area contributed by atoms with Gasteiger partial charge in [0.25, 0.3) is 0 Å². The monoisotopic (exact) mass is 763 g/mol. The smallest absolute Gasteiger partial charge is 0.325 e. The van der Waals surface area contributed by atoms with E-state index in [4.69, 9.17) is 16.4 Å². The van der Waals surface area contributed by atoms with Crippen molar-refractivity contribution in [1.29, 1.82) is 0 Å². The van der Waals surface area contributed by atoms with Gasteiger partial charge in [0.2, 0.25) is 0 Å². The topological polar surface area (TPSA) is 32.8 Å². The highest BCUT2D eigenvalue weighted by atomic mass is 35.5. The molecule has 0 aromatic rings. The van der Waals surface area contributed by atoms with Crippen LogP contribution in [0.4, 0.5) is 0 Å². The average molecular weight is 764 g/mol. The van der Waals surface area contributed by atoms with Crippen LogP contribution in [0.2, 0.25) is 0 Å². The van der Waals surface area contributed by atoms with Gasteiger partial charge < -0.3 is 9.74 Å². The quantitative estimate of drug-likeness (QED) is 0.0268. The van der Waals surface area contributed by atoms with Crippen molar-refractivity contribution in [3.8, 4) is 0 Å². The third kappa shape index (κ3) is 41.9. The SMILES string of the molecule is CCCCC/C=C\CCN(CC/C=C\CCCCC)OC(=O)CCCCCCCCCN(CCCl)CCCCCCCC/C=C\CCCCCCCC. The van der Waals surface area contributed by atoms with Gasteiger partial charge in [-0.25, -0.2) is 0 Å².